The van der Waals surface area contributed by atoms with Crippen LogP contribution in [0.1, 0.15) is 6.42 Å². The summed E-state index contributed by atoms with van der Waals surface area (Å²) in [5.41, 5.74) is 8.44. The maximum atomic E-state index is 7.15. The van der Waals surface area contributed by atoms with Crippen molar-refractivity contribution in [3.8, 4) is 0 Å². The topological polar surface area (TPSA) is 73.9 Å². The van der Waals surface area contributed by atoms with Gasteiger partial charge in [-0.1, -0.05) is 18.2 Å². The number of amidine groups is 1. The highest BCUT2D eigenvalue weighted by atomic mass is 14.9. The molecule has 0 fully saturated rings. The molecule has 0 radical (unpaired) electrons. The van der Waals surface area contributed by atoms with E-state index < -0.39 is 0 Å². The van der Waals surface area contributed by atoms with Gasteiger partial charge < -0.3 is 16.4 Å². The standard InChI is InChI=1S/C15H18N4/c16-15(17)10-11-18-12-6-8-14(9-7-12)19-13-4-2-1-3-5-13/h1-9,18-19H,10-11H2,(H3,16,17). The summed E-state index contributed by atoms with van der Waals surface area (Å²) in [5, 5.41) is 13.7. The number of hydrogen-bond donors (Lipinski definition) is 4. The zero-order valence-electron chi connectivity index (χ0n) is 10.7. The molecule has 2 aromatic carbocycles. The van der Waals surface area contributed by atoms with Crippen molar-refractivity contribution in [3.63, 3.8) is 0 Å². The average molecular weight is 254 g/mol. The first-order valence-corrected chi connectivity index (χ1v) is 6.23. The van der Waals surface area contributed by atoms with Crippen LogP contribution in [0.4, 0.5) is 17.1 Å². The molecule has 4 nitrogen and oxygen atoms in total. The first-order chi connectivity index (χ1) is 9.24. The highest BCUT2D eigenvalue weighted by Gasteiger charge is 1.96. The highest BCUT2D eigenvalue weighted by Crippen LogP contribution is 2.18. The van der Waals surface area contributed by atoms with E-state index in [0.29, 0.717) is 13.0 Å². The Labute approximate surface area is 113 Å². The summed E-state index contributed by atoms with van der Waals surface area (Å²) < 4.78 is 0. The van der Waals surface area contributed by atoms with Crippen LogP contribution in [0.2, 0.25) is 0 Å². The summed E-state index contributed by atoms with van der Waals surface area (Å²) in [6.45, 7) is 0.681. The molecule has 5 N–H and O–H groups in total. The smallest absolute Gasteiger partial charge is 0.0923 e. The van der Waals surface area contributed by atoms with E-state index in [9.17, 15) is 0 Å². The number of anilines is 3. The first kappa shape index (κ1) is 13.0. The lowest BCUT2D eigenvalue weighted by atomic mass is 10.2. The fraction of sp³-hybridized carbons (Fsp3) is 0.133. The zero-order valence-corrected chi connectivity index (χ0v) is 10.7. The maximum Gasteiger partial charge on any atom is 0.0923 e. The summed E-state index contributed by atoms with van der Waals surface area (Å²) >= 11 is 0. The van der Waals surface area contributed by atoms with Gasteiger partial charge in [0.05, 0.1) is 5.84 Å². The second-order valence-corrected chi connectivity index (χ2v) is 4.27. The van der Waals surface area contributed by atoms with E-state index in [1.165, 1.54) is 0 Å². The molecule has 4 heteroatoms. The number of nitrogens with two attached hydrogens (primary N) is 1. The molecule has 0 aliphatic carbocycles. The van der Waals surface area contributed by atoms with Gasteiger partial charge in [-0.25, -0.2) is 0 Å². The number of benzene rings is 2. The third-order valence-electron chi connectivity index (χ3n) is 2.67. The summed E-state index contributed by atoms with van der Waals surface area (Å²) in [7, 11) is 0. The van der Waals surface area contributed by atoms with Crippen molar-refractivity contribution in [3.05, 3.63) is 54.6 Å². The van der Waals surface area contributed by atoms with E-state index in [1.54, 1.807) is 0 Å². The van der Waals surface area contributed by atoms with Gasteiger partial charge in [-0.2, -0.15) is 0 Å². The average Bonchev–Trinajstić information content (AvgIpc) is 2.42. The van der Waals surface area contributed by atoms with Gasteiger partial charge in [0.25, 0.3) is 0 Å². The molecule has 0 unspecified atom stereocenters. The SMILES string of the molecule is N=C(N)CCNc1ccc(Nc2ccccc2)cc1. The molecule has 2 aromatic rings. The van der Waals surface area contributed by atoms with E-state index in [4.69, 9.17) is 11.1 Å². The van der Waals surface area contributed by atoms with Crippen molar-refractivity contribution in [2.45, 2.75) is 6.42 Å². The minimum atomic E-state index is 0.204. The second-order valence-electron chi connectivity index (χ2n) is 4.27. The molecule has 0 bridgehead atoms. The molecule has 98 valence electrons. The van der Waals surface area contributed by atoms with Crippen LogP contribution in [-0.2, 0) is 0 Å². The minimum Gasteiger partial charge on any atom is -0.388 e. The number of hydrogen-bond acceptors (Lipinski definition) is 3. The predicted molar refractivity (Wildman–Crippen MR) is 81.2 cm³/mol. The molecule has 0 saturated carbocycles. The molecule has 0 aromatic heterocycles. The normalized spacial score (nSPS) is 9.89. The molecular formula is C15H18N4. The fourth-order valence-electron chi connectivity index (χ4n) is 1.70. The van der Waals surface area contributed by atoms with Crippen molar-refractivity contribution in [1.29, 1.82) is 5.41 Å². The van der Waals surface area contributed by atoms with Crippen molar-refractivity contribution >= 4 is 22.9 Å². The van der Waals surface area contributed by atoms with Crippen molar-refractivity contribution in [2.75, 3.05) is 17.2 Å². The Morgan fingerprint density at radius 1 is 0.895 bits per heavy atom. The Morgan fingerprint density at radius 3 is 2.11 bits per heavy atom. The Bertz CT molecular complexity index is 520. The summed E-state index contributed by atoms with van der Waals surface area (Å²) in [6.07, 6.45) is 0.560. The van der Waals surface area contributed by atoms with Gasteiger partial charge in [-0.3, -0.25) is 5.41 Å². The summed E-state index contributed by atoms with van der Waals surface area (Å²) in [4.78, 5) is 0. The zero-order chi connectivity index (χ0) is 13.5. The summed E-state index contributed by atoms with van der Waals surface area (Å²) in [6, 6.07) is 18.1. The predicted octanol–water partition coefficient (Wildman–Crippen LogP) is 3.17. The molecule has 0 heterocycles. The Hall–Kier alpha value is -2.49. The van der Waals surface area contributed by atoms with E-state index in [1.807, 2.05) is 54.6 Å². The summed E-state index contributed by atoms with van der Waals surface area (Å²) in [5.74, 6) is 0.204. The van der Waals surface area contributed by atoms with Crippen LogP contribution in [0.5, 0.6) is 0 Å². The van der Waals surface area contributed by atoms with Gasteiger partial charge in [0.15, 0.2) is 0 Å². The van der Waals surface area contributed by atoms with Gasteiger partial charge in [0.2, 0.25) is 0 Å². The van der Waals surface area contributed by atoms with Gasteiger partial charge in [0, 0.05) is 30.0 Å². The molecule has 2 rings (SSSR count). The monoisotopic (exact) mass is 254 g/mol. The second kappa shape index (κ2) is 6.44. The lowest BCUT2D eigenvalue weighted by Gasteiger charge is -2.09. The molecule has 0 aliphatic rings. The number of rotatable bonds is 6. The molecule has 0 spiro atoms. The van der Waals surface area contributed by atoms with Gasteiger partial charge in [-0.05, 0) is 36.4 Å². The van der Waals surface area contributed by atoms with Crippen LogP contribution in [0.15, 0.2) is 54.6 Å². The molecule has 19 heavy (non-hydrogen) atoms. The molecule has 0 aliphatic heterocycles. The van der Waals surface area contributed by atoms with Crippen molar-refractivity contribution in [1.82, 2.24) is 0 Å². The van der Waals surface area contributed by atoms with Crippen LogP contribution in [-0.4, -0.2) is 12.4 Å². The number of nitrogens with one attached hydrogen (secondary N) is 3. The van der Waals surface area contributed by atoms with Crippen LogP contribution >= 0.6 is 0 Å². The first-order valence-electron chi connectivity index (χ1n) is 6.23. The van der Waals surface area contributed by atoms with Crippen LogP contribution in [0.25, 0.3) is 0 Å². The Morgan fingerprint density at radius 2 is 1.47 bits per heavy atom. The molecular weight excluding hydrogens is 236 g/mol. The third kappa shape index (κ3) is 4.35. The lowest BCUT2D eigenvalue weighted by Crippen LogP contribution is -2.15. The molecule has 0 atom stereocenters. The number of para-hydroxylation sites is 1. The Kier molecular flexibility index (Phi) is 4.39. The maximum absolute atomic E-state index is 7.15. The highest BCUT2D eigenvalue weighted by molar-refractivity contribution is 5.77. The van der Waals surface area contributed by atoms with E-state index in [-0.39, 0.29) is 5.84 Å². The van der Waals surface area contributed by atoms with E-state index in [0.717, 1.165) is 17.1 Å². The van der Waals surface area contributed by atoms with Crippen LogP contribution in [0.3, 0.4) is 0 Å². The van der Waals surface area contributed by atoms with Crippen molar-refractivity contribution < 1.29 is 0 Å². The van der Waals surface area contributed by atoms with Gasteiger partial charge in [-0.15, -0.1) is 0 Å². The third-order valence-corrected chi connectivity index (χ3v) is 2.67. The van der Waals surface area contributed by atoms with Crippen molar-refractivity contribution in [2.24, 2.45) is 5.73 Å². The largest absolute Gasteiger partial charge is 0.388 e. The lowest BCUT2D eigenvalue weighted by molar-refractivity contribution is 1.08. The van der Waals surface area contributed by atoms with E-state index in [2.05, 4.69) is 10.6 Å². The minimum absolute atomic E-state index is 0.204. The molecule has 0 amide bonds. The van der Waals surface area contributed by atoms with Crippen LogP contribution in [0, 0.1) is 5.41 Å². The quantitative estimate of drug-likeness (QED) is 0.472. The van der Waals surface area contributed by atoms with Gasteiger partial charge >= 0.3 is 0 Å². The van der Waals surface area contributed by atoms with Gasteiger partial charge in [0.1, 0.15) is 0 Å². The van der Waals surface area contributed by atoms with E-state index >= 15 is 0 Å². The Balaban J connectivity index is 1.89. The fourth-order valence-corrected chi connectivity index (χ4v) is 1.70. The van der Waals surface area contributed by atoms with Crippen LogP contribution < -0.4 is 16.4 Å². The molecule has 0 saturated heterocycles.